The van der Waals surface area contributed by atoms with E-state index in [1.54, 1.807) is 0 Å². The fourth-order valence-corrected chi connectivity index (χ4v) is 2.14. The normalized spacial score (nSPS) is 10.2. The molecule has 0 bridgehead atoms. The van der Waals surface area contributed by atoms with Gasteiger partial charge in [0.1, 0.15) is 0 Å². The summed E-state index contributed by atoms with van der Waals surface area (Å²) < 4.78 is 4.62. The van der Waals surface area contributed by atoms with Crippen LogP contribution in [0, 0.1) is 0 Å². The van der Waals surface area contributed by atoms with Crippen molar-refractivity contribution in [3.8, 4) is 11.1 Å². The summed E-state index contributed by atoms with van der Waals surface area (Å²) in [4.78, 5) is 11.1. The number of carbonyl (C=O) groups excluding carboxylic acids is 1. The molecule has 2 rings (SSSR count). The van der Waals surface area contributed by atoms with Crippen molar-refractivity contribution in [3.05, 3.63) is 59.1 Å². The van der Waals surface area contributed by atoms with Crippen LogP contribution in [0.1, 0.15) is 12.0 Å². The van der Waals surface area contributed by atoms with E-state index in [0.717, 1.165) is 21.7 Å². The second kappa shape index (κ2) is 6.39. The number of hydrogen-bond acceptors (Lipinski definition) is 2. The number of aryl methyl sites for hydroxylation is 1. The minimum absolute atomic E-state index is 0.185. The number of hydrogen-bond donors (Lipinski definition) is 0. The number of esters is 1. The third kappa shape index (κ3) is 3.58. The minimum Gasteiger partial charge on any atom is -0.469 e. The molecule has 0 unspecified atom stereocenters. The van der Waals surface area contributed by atoms with E-state index in [9.17, 15) is 4.79 Å². The lowest BCUT2D eigenvalue weighted by Gasteiger charge is -2.06. The lowest BCUT2D eigenvalue weighted by atomic mass is 10.0. The van der Waals surface area contributed by atoms with E-state index in [1.165, 1.54) is 7.11 Å². The number of halogens is 1. The predicted octanol–water partition coefficient (Wildman–Crippen LogP) is 4.11. The van der Waals surface area contributed by atoms with E-state index in [2.05, 4.69) is 4.74 Å². The van der Waals surface area contributed by atoms with Gasteiger partial charge in [-0.15, -0.1) is 0 Å². The second-order valence-electron chi connectivity index (χ2n) is 4.25. The zero-order valence-corrected chi connectivity index (χ0v) is 11.5. The van der Waals surface area contributed by atoms with Crippen LogP contribution in [0.25, 0.3) is 11.1 Å². The van der Waals surface area contributed by atoms with Gasteiger partial charge in [0.15, 0.2) is 0 Å². The Morgan fingerprint density at radius 3 is 2.42 bits per heavy atom. The van der Waals surface area contributed by atoms with Crippen LogP contribution in [0.2, 0.25) is 5.02 Å². The van der Waals surface area contributed by atoms with Crippen molar-refractivity contribution in [1.29, 1.82) is 0 Å². The van der Waals surface area contributed by atoms with Gasteiger partial charge in [0.05, 0.1) is 7.11 Å². The van der Waals surface area contributed by atoms with Gasteiger partial charge in [-0.2, -0.15) is 0 Å². The van der Waals surface area contributed by atoms with Gasteiger partial charge in [0, 0.05) is 17.0 Å². The number of methoxy groups -OCH3 is 1. The molecule has 0 aliphatic heterocycles. The van der Waals surface area contributed by atoms with Gasteiger partial charge in [-0.1, -0.05) is 54.1 Å². The van der Waals surface area contributed by atoms with Crippen molar-refractivity contribution in [3.63, 3.8) is 0 Å². The molecule has 0 saturated heterocycles. The zero-order chi connectivity index (χ0) is 13.7. The monoisotopic (exact) mass is 274 g/mol. The number of rotatable bonds is 4. The highest BCUT2D eigenvalue weighted by atomic mass is 35.5. The molecule has 0 aromatic heterocycles. The molecule has 2 aromatic rings. The van der Waals surface area contributed by atoms with Crippen molar-refractivity contribution >= 4 is 17.6 Å². The maximum atomic E-state index is 11.1. The third-order valence-electron chi connectivity index (χ3n) is 2.98. The highest BCUT2D eigenvalue weighted by Gasteiger charge is 2.04. The van der Waals surface area contributed by atoms with Crippen molar-refractivity contribution < 1.29 is 9.53 Å². The molecule has 0 heterocycles. The van der Waals surface area contributed by atoms with Crippen molar-refractivity contribution in [2.24, 2.45) is 0 Å². The van der Waals surface area contributed by atoms with Crippen LogP contribution < -0.4 is 0 Å². The lowest BCUT2D eigenvalue weighted by molar-refractivity contribution is -0.140. The fraction of sp³-hybridized carbons (Fsp3) is 0.188. The highest BCUT2D eigenvalue weighted by molar-refractivity contribution is 6.33. The molecule has 0 aliphatic rings. The SMILES string of the molecule is COC(=O)CCc1ccc(-c2ccccc2Cl)cc1. The van der Waals surface area contributed by atoms with E-state index in [4.69, 9.17) is 11.6 Å². The molecule has 0 saturated carbocycles. The van der Waals surface area contributed by atoms with Gasteiger partial charge in [-0.3, -0.25) is 4.79 Å². The number of carbonyl (C=O) groups is 1. The quantitative estimate of drug-likeness (QED) is 0.784. The topological polar surface area (TPSA) is 26.3 Å². The van der Waals surface area contributed by atoms with E-state index < -0.39 is 0 Å². The molecule has 0 amide bonds. The summed E-state index contributed by atoms with van der Waals surface area (Å²) in [5, 5.41) is 0.741. The standard InChI is InChI=1S/C16H15ClO2/c1-19-16(18)11-8-12-6-9-13(10-7-12)14-4-2-3-5-15(14)17/h2-7,9-10H,8,11H2,1H3. The van der Waals surface area contributed by atoms with Crippen molar-refractivity contribution in [2.75, 3.05) is 7.11 Å². The van der Waals surface area contributed by atoms with Crippen LogP contribution >= 0.6 is 11.6 Å². The zero-order valence-electron chi connectivity index (χ0n) is 10.7. The first-order valence-electron chi connectivity index (χ1n) is 6.11. The Morgan fingerprint density at radius 1 is 1.11 bits per heavy atom. The molecule has 19 heavy (non-hydrogen) atoms. The number of ether oxygens (including phenoxy) is 1. The summed E-state index contributed by atoms with van der Waals surface area (Å²) in [6.07, 6.45) is 1.09. The molecule has 0 spiro atoms. The van der Waals surface area contributed by atoms with Crippen molar-refractivity contribution in [2.45, 2.75) is 12.8 Å². The molecular weight excluding hydrogens is 260 g/mol. The molecule has 0 fully saturated rings. The summed E-state index contributed by atoms with van der Waals surface area (Å²) in [6.45, 7) is 0. The Labute approximate surface area is 118 Å². The average Bonchev–Trinajstić information content (AvgIpc) is 2.46. The van der Waals surface area contributed by atoms with E-state index in [-0.39, 0.29) is 5.97 Å². The molecular formula is C16H15ClO2. The highest BCUT2D eigenvalue weighted by Crippen LogP contribution is 2.27. The minimum atomic E-state index is -0.185. The molecule has 0 radical (unpaired) electrons. The molecule has 98 valence electrons. The smallest absolute Gasteiger partial charge is 0.305 e. The predicted molar refractivity (Wildman–Crippen MR) is 77.2 cm³/mol. The molecule has 0 N–H and O–H groups in total. The fourth-order valence-electron chi connectivity index (χ4n) is 1.89. The van der Waals surface area contributed by atoms with E-state index in [1.807, 2.05) is 48.5 Å². The largest absolute Gasteiger partial charge is 0.469 e. The van der Waals surface area contributed by atoms with Gasteiger partial charge in [-0.05, 0) is 23.6 Å². The first kappa shape index (κ1) is 13.6. The van der Waals surface area contributed by atoms with Gasteiger partial charge in [0.25, 0.3) is 0 Å². The van der Waals surface area contributed by atoms with Gasteiger partial charge < -0.3 is 4.74 Å². The molecule has 0 atom stereocenters. The first-order valence-corrected chi connectivity index (χ1v) is 6.49. The summed E-state index contributed by atoms with van der Waals surface area (Å²) in [5.74, 6) is -0.185. The Morgan fingerprint density at radius 2 is 1.79 bits per heavy atom. The van der Waals surface area contributed by atoms with Crippen LogP contribution in [-0.2, 0) is 16.0 Å². The Hall–Kier alpha value is -1.80. The summed E-state index contributed by atoms with van der Waals surface area (Å²) >= 11 is 6.16. The van der Waals surface area contributed by atoms with Gasteiger partial charge in [-0.25, -0.2) is 0 Å². The van der Waals surface area contributed by atoms with Crippen LogP contribution in [-0.4, -0.2) is 13.1 Å². The Kier molecular flexibility index (Phi) is 4.58. The van der Waals surface area contributed by atoms with Crippen LogP contribution in [0.5, 0.6) is 0 Å². The van der Waals surface area contributed by atoms with Gasteiger partial charge >= 0.3 is 5.97 Å². The van der Waals surface area contributed by atoms with Gasteiger partial charge in [0.2, 0.25) is 0 Å². The average molecular weight is 275 g/mol. The molecule has 0 aliphatic carbocycles. The second-order valence-corrected chi connectivity index (χ2v) is 4.66. The number of benzene rings is 2. The maximum Gasteiger partial charge on any atom is 0.305 e. The Balaban J connectivity index is 2.11. The molecule has 2 aromatic carbocycles. The first-order chi connectivity index (χ1) is 9.20. The molecule has 2 nitrogen and oxygen atoms in total. The Bertz CT molecular complexity index is 561. The lowest BCUT2D eigenvalue weighted by Crippen LogP contribution is -2.01. The van der Waals surface area contributed by atoms with Crippen molar-refractivity contribution in [1.82, 2.24) is 0 Å². The third-order valence-corrected chi connectivity index (χ3v) is 3.31. The van der Waals surface area contributed by atoms with Crippen LogP contribution in [0.3, 0.4) is 0 Å². The summed E-state index contributed by atoms with van der Waals surface area (Å²) in [6, 6.07) is 15.8. The van der Waals surface area contributed by atoms with E-state index >= 15 is 0 Å². The van der Waals surface area contributed by atoms with E-state index in [0.29, 0.717) is 12.8 Å². The molecule has 3 heteroatoms. The van der Waals surface area contributed by atoms with Crippen LogP contribution in [0.15, 0.2) is 48.5 Å². The summed E-state index contributed by atoms with van der Waals surface area (Å²) in [7, 11) is 1.41. The summed E-state index contributed by atoms with van der Waals surface area (Å²) in [5.41, 5.74) is 3.21. The maximum absolute atomic E-state index is 11.1. The van der Waals surface area contributed by atoms with Crippen LogP contribution in [0.4, 0.5) is 0 Å².